The molecule has 2 aromatic heterocycles. The van der Waals surface area contributed by atoms with E-state index in [9.17, 15) is 14.3 Å². The summed E-state index contributed by atoms with van der Waals surface area (Å²) < 4.78 is 17.1. The number of carbonyl (C=O) groups is 1. The van der Waals surface area contributed by atoms with E-state index in [0.717, 1.165) is 56.5 Å². The van der Waals surface area contributed by atoms with Gasteiger partial charge in [-0.3, -0.25) is 0 Å². The molecule has 1 aliphatic carbocycles. The van der Waals surface area contributed by atoms with E-state index in [1.54, 1.807) is 6.07 Å². The molecule has 200 valence electrons. The average Bonchev–Trinajstić information content (AvgIpc) is 3.47. The number of aryl methyl sites for hydroxylation is 1. The van der Waals surface area contributed by atoms with E-state index in [4.69, 9.17) is 0 Å². The maximum absolute atomic E-state index is 13.7. The van der Waals surface area contributed by atoms with Gasteiger partial charge in [-0.2, -0.15) is 0 Å². The number of rotatable bonds is 8. The van der Waals surface area contributed by atoms with Gasteiger partial charge in [0.25, 0.3) is 0 Å². The van der Waals surface area contributed by atoms with Gasteiger partial charge in [0, 0.05) is 6.54 Å². The summed E-state index contributed by atoms with van der Waals surface area (Å²) in [6.45, 7) is 13.1. The van der Waals surface area contributed by atoms with E-state index in [2.05, 4.69) is 42.8 Å². The number of allylic oxidation sites excluding steroid dienone is 3. The Labute approximate surface area is 233 Å². The van der Waals surface area contributed by atoms with Crippen LogP contribution < -0.4 is 0 Å². The zero-order chi connectivity index (χ0) is 27.7. The first-order chi connectivity index (χ1) is 18.7. The van der Waals surface area contributed by atoms with Crippen molar-refractivity contribution in [3.8, 4) is 11.3 Å². The SMILES string of the molecule is C=C(C)Cn1c(-c2ccc(C)c(/C=C\C(=C)c3cccc(F)c3)c2)c(C2CCCCC2)c2sc(C(=O)O)cc21. The Bertz CT molecular complexity index is 1610. The van der Waals surface area contributed by atoms with Crippen molar-refractivity contribution in [1.82, 2.24) is 4.57 Å². The largest absolute Gasteiger partial charge is 0.477 e. The predicted molar refractivity (Wildman–Crippen MR) is 162 cm³/mol. The number of hydrogen-bond donors (Lipinski definition) is 1. The highest BCUT2D eigenvalue weighted by atomic mass is 32.1. The lowest BCUT2D eigenvalue weighted by Gasteiger charge is -2.24. The van der Waals surface area contributed by atoms with Crippen LogP contribution >= 0.6 is 11.3 Å². The molecule has 0 spiro atoms. The van der Waals surface area contributed by atoms with Crippen LogP contribution in [0.1, 0.15) is 76.9 Å². The molecular weight excluding hydrogens is 505 g/mol. The van der Waals surface area contributed by atoms with Crippen molar-refractivity contribution in [2.24, 2.45) is 0 Å². The van der Waals surface area contributed by atoms with E-state index in [1.165, 1.54) is 54.0 Å². The summed E-state index contributed by atoms with van der Waals surface area (Å²) in [6, 6.07) is 14.8. The number of hydrogen-bond acceptors (Lipinski definition) is 2. The molecule has 5 rings (SSSR count). The van der Waals surface area contributed by atoms with Crippen molar-refractivity contribution in [2.45, 2.75) is 58.4 Å². The van der Waals surface area contributed by atoms with Gasteiger partial charge in [0.1, 0.15) is 10.7 Å². The van der Waals surface area contributed by atoms with Crippen molar-refractivity contribution >= 4 is 39.2 Å². The molecule has 2 aromatic carbocycles. The second kappa shape index (κ2) is 11.2. The highest BCUT2D eigenvalue weighted by molar-refractivity contribution is 7.21. The number of halogens is 1. The topological polar surface area (TPSA) is 42.2 Å². The minimum absolute atomic E-state index is 0.278. The molecule has 0 unspecified atom stereocenters. The van der Waals surface area contributed by atoms with Gasteiger partial charge < -0.3 is 9.67 Å². The fourth-order valence-corrected chi connectivity index (χ4v) is 6.84. The van der Waals surface area contributed by atoms with E-state index in [1.807, 2.05) is 31.2 Å². The van der Waals surface area contributed by atoms with E-state index < -0.39 is 5.97 Å². The van der Waals surface area contributed by atoms with E-state index >= 15 is 0 Å². The predicted octanol–water partition coefficient (Wildman–Crippen LogP) is 9.87. The van der Waals surface area contributed by atoms with Gasteiger partial charge >= 0.3 is 5.97 Å². The highest BCUT2D eigenvalue weighted by Crippen LogP contribution is 2.47. The third kappa shape index (κ3) is 5.55. The van der Waals surface area contributed by atoms with Crippen molar-refractivity contribution in [1.29, 1.82) is 0 Å². The number of carboxylic acid groups (broad SMARTS) is 1. The van der Waals surface area contributed by atoms with Crippen LogP contribution in [0.5, 0.6) is 0 Å². The Balaban J connectivity index is 1.65. The van der Waals surface area contributed by atoms with Gasteiger partial charge in [-0.25, -0.2) is 9.18 Å². The second-order valence-electron chi connectivity index (χ2n) is 10.7. The third-order valence-electron chi connectivity index (χ3n) is 7.64. The Morgan fingerprint density at radius 1 is 1.13 bits per heavy atom. The summed E-state index contributed by atoms with van der Waals surface area (Å²) in [7, 11) is 0. The number of thiophene rings is 1. The van der Waals surface area contributed by atoms with Gasteiger partial charge in [0.05, 0.1) is 15.9 Å². The van der Waals surface area contributed by atoms with Crippen LogP contribution in [-0.4, -0.2) is 15.6 Å². The molecule has 4 aromatic rings. The molecule has 0 amide bonds. The van der Waals surface area contributed by atoms with Crippen LogP contribution in [0.25, 0.3) is 33.1 Å². The number of carboxylic acids is 1. The maximum Gasteiger partial charge on any atom is 0.345 e. The number of fused-ring (bicyclic) bond motifs is 1. The average molecular weight is 540 g/mol. The first-order valence-electron chi connectivity index (χ1n) is 13.5. The molecule has 0 radical (unpaired) electrons. The van der Waals surface area contributed by atoms with Crippen LogP contribution in [0.4, 0.5) is 4.39 Å². The molecule has 1 fully saturated rings. The van der Waals surface area contributed by atoms with Gasteiger partial charge in [-0.05, 0) is 90.3 Å². The van der Waals surface area contributed by atoms with Crippen LogP contribution in [0, 0.1) is 12.7 Å². The third-order valence-corrected chi connectivity index (χ3v) is 8.78. The lowest BCUT2D eigenvalue weighted by Crippen LogP contribution is -2.08. The molecule has 0 atom stereocenters. The van der Waals surface area contributed by atoms with Gasteiger partial charge in [-0.1, -0.05) is 74.4 Å². The van der Waals surface area contributed by atoms with Crippen LogP contribution in [0.15, 0.2) is 73.3 Å². The normalized spacial score (nSPS) is 14.3. The van der Waals surface area contributed by atoms with Crippen LogP contribution in [-0.2, 0) is 6.54 Å². The first kappa shape index (κ1) is 26.9. The minimum Gasteiger partial charge on any atom is -0.477 e. The molecule has 0 bridgehead atoms. The zero-order valence-corrected chi connectivity index (χ0v) is 23.4. The zero-order valence-electron chi connectivity index (χ0n) is 22.6. The van der Waals surface area contributed by atoms with Crippen molar-refractivity contribution < 1.29 is 14.3 Å². The van der Waals surface area contributed by atoms with Gasteiger partial charge in [-0.15, -0.1) is 11.3 Å². The Morgan fingerprint density at radius 3 is 2.59 bits per heavy atom. The summed E-state index contributed by atoms with van der Waals surface area (Å²) in [6.07, 6.45) is 9.85. The number of aromatic carboxylic acids is 1. The van der Waals surface area contributed by atoms with Gasteiger partial charge in [0.2, 0.25) is 0 Å². The quantitative estimate of drug-likeness (QED) is 0.179. The molecule has 1 aliphatic rings. The lowest BCUT2D eigenvalue weighted by molar-refractivity contribution is 0.0702. The van der Waals surface area contributed by atoms with Crippen molar-refractivity contribution in [2.75, 3.05) is 0 Å². The van der Waals surface area contributed by atoms with E-state index in [-0.39, 0.29) is 5.82 Å². The van der Waals surface area contributed by atoms with Crippen molar-refractivity contribution in [3.63, 3.8) is 0 Å². The Morgan fingerprint density at radius 2 is 1.90 bits per heavy atom. The molecule has 2 heterocycles. The molecule has 0 saturated heterocycles. The molecule has 1 N–H and O–H groups in total. The summed E-state index contributed by atoms with van der Waals surface area (Å²) >= 11 is 1.40. The highest BCUT2D eigenvalue weighted by Gasteiger charge is 2.29. The van der Waals surface area contributed by atoms with E-state index in [0.29, 0.717) is 17.3 Å². The fourth-order valence-electron chi connectivity index (χ4n) is 5.71. The number of nitrogens with zero attached hydrogens (tertiary/aromatic N) is 1. The van der Waals surface area contributed by atoms with Crippen LogP contribution in [0.2, 0.25) is 0 Å². The molecule has 5 heteroatoms. The monoisotopic (exact) mass is 539 g/mol. The maximum atomic E-state index is 13.7. The minimum atomic E-state index is -0.879. The summed E-state index contributed by atoms with van der Waals surface area (Å²) in [5.74, 6) is -0.758. The molecule has 3 nitrogen and oxygen atoms in total. The summed E-state index contributed by atoms with van der Waals surface area (Å²) in [5.41, 5.74) is 9.26. The fraction of sp³-hybridized carbons (Fsp3) is 0.265. The smallest absolute Gasteiger partial charge is 0.345 e. The Hall–Kier alpha value is -3.70. The Kier molecular flexibility index (Phi) is 7.72. The number of benzene rings is 2. The van der Waals surface area contributed by atoms with Gasteiger partial charge in [0.15, 0.2) is 0 Å². The van der Waals surface area contributed by atoms with Crippen molar-refractivity contribution in [3.05, 3.63) is 106 Å². The number of aromatic nitrogens is 1. The lowest BCUT2D eigenvalue weighted by atomic mass is 9.83. The first-order valence-corrected chi connectivity index (χ1v) is 14.3. The van der Waals surface area contributed by atoms with Crippen LogP contribution in [0.3, 0.4) is 0 Å². The standard InChI is InChI=1S/C34H34FNO2S/c1-21(2)20-36-29-19-30(34(37)38)39-33(29)31(24-9-6-5-7-10-24)32(36)27-16-14-23(4)26(17-27)15-13-22(3)25-11-8-12-28(35)18-25/h8,11-19,24H,1,3,5-7,9-10,20H2,2,4H3,(H,37,38)/b15-13-. The molecule has 1 saturated carbocycles. The summed E-state index contributed by atoms with van der Waals surface area (Å²) in [4.78, 5) is 12.3. The summed E-state index contributed by atoms with van der Waals surface area (Å²) in [5, 5.41) is 9.78. The second-order valence-corrected chi connectivity index (χ2v) is 11.8. The molecule has 0 aliphatic heterocycles. The molecular formula is C34H34FNO2S. The molecule has 39 heavy (non-hydrogen) atoms.